The summed E-state index contributed by atoms with van der Waals surface area (Å²) in [4.78, 5) is 0. The van der Waals surface area contributed by atoms with Gasteiger partial charge in [0.05, 0.1) is 9.52 Å². The Kier molecular flexibility index (Phi) is 15.6. The van der Waals surface area contributed by atoms with Crippen molar-refractivity contribution in [2.75, 3.05) is 0 Å². The molecule has 2 radical (unpaired) electrons. The number of hydrogen-bond acceptors (Lipinski definition) is 0. The SMILES string of the molecule is Cc1ccccc1-c1c(-c2ccccc2)ccc2[cH-]c(-c3ccccc3)cc12.Cc1ccccc1-c1c(-c2ccccc2)ccc2[cH-]c(-c3ccccc3)cc12.[Cl][Zr][Cl].[c-]1cccc2c1[Si]c1ccccc1-2. The Morgan fingerprint density at radius 1 is 0.375 bits per heavy atom. The maximum absolute atomic E-state index is 4.93. The van der Waals surface area contributed by atoms with Crippen LogP contribution in [0, 0.1) is 19.9 Å². The third-order valence-electron chi connectivity index (χ3n) is 13.3. The van der Waals surface area contributed by atoms with Crippen LogP contribution in [0.1, 0.15) is 11.1 Å². The van der Waals surface area contributed by atoms with Crippen molar-refractivity contribution >= 4 is 58.5 Å². The second-order valence-corrected chi connectivity index (χ2v) is 22.8. The molecule has 0 saturated carbocycles. The van der Waals surface area contributed by atoms with E-state index in [4.69, 9.17) is 17.0 Å². The zero-order valence-corrected chi connectivity index (χ0v) is 45.1. The van der Waals surface area contributed by atoms with Gasteiger partial charge in [0.15, 0.2) is 0 Å². The van der Waals surface area contributed by atoms with Crippen molar-refractivity contribution in [1.82, 2.24) is 0 Å². The van der Waals surface area contributed by atoms with Gasteiger partial charge in [0, 0.05) is 0 Å². The van der Waals surface area contributed by atoms with E-state index >= 15 is 0 Å². The van der Waals surface area contributed by atoms with Crippen LogP contribution in [0.25, 0.3) is 99.4 Å². The third kappa shape index (κ3) is 10.7. The molecule has 12 aromatic carbocycles. The zero-order valence-electron chi connectivity index (χ0n) is 40.1. The Hall–Kier alpha value is -6.90. The van der Waals surface area contributed by atoms with Gasteiger partial charge < -0.3 is 0 Å². The summed E-state index contributed by atoms with van der Waals surface area (Å²) in [6.45, 7) is 4.40. The van der Waals surface area contributed by atoms with Crippen molar-refractivity contribution in [3.63, 3.8) is 0 Å². The molecule has 72 heavy (non-hydrogen) atoms. The topological polar surface area (TPSA) is 0 Å². The Balaban J connectivity index is 0.000000128. The maximum Gasteiger partial charge on any atom is 0.0920 e. The largest absolute Gasteiger partial charge is 0.184 e. The molecule has 0 atom stereocenters. The molecule has 0 N–H and O–H groups in total. The molecule has 1 aliphatic rings. The Morgan fingerprint density at radius 3 is 1.19 bits per heavy atom. The molecule has 12 aromatic rings. The minimum absolute atomic E-state index is 0.795. The molecular formula is C68H49Cl2SiZr-3. The number of benzene rings is 10. The minimum Gasteiger partial charge on any atom is -0.184 e. The normalized spacial score (nSPS) is 11.0. The average molecular weight is 1060 g/mol. The van der Waals surface area contributed by atoms with Crippen molar-refractivity contribution in [3.8, 4) is 77.9 Å². The zero-order chi connectivity index (χ0) is 49.2. The molecule has 0 saturated heterocycles. The summed E-state index contributed by atoms with van der Waals surface area (Å²) in [5.74, 6) is 0. The molecular weight excluding hydrogens is 1010 g/mol. The molecule has 0 aliphatic carbocycles. The van der Waals surface area contributed by atoms with Gasteiger partial charge in [-0.15, -0.1) is 74.6 Å². The van der Waals surface area contributed by atoms with E-state index < -0.39 is 20.8 Å². The van der Waals surface area contributed by atoms with Crippen LogP contribution in [0.3, 0.4) is 0 Å². The van der Waals surface area contributed by atoms with E-state index in [1.54, 1.807) is 0 Å². The van der Waals surface area contributed by atoms with Gasteiger partial charge >= 0.3 is 37.9 Å². The van der Waals surface area contributed by atoms with E-state index in [1.165, 1.54) is 121 Å². The molecule has 0 aromatic heterocycles. The van der Waals surface area contributed by atoms with E-state index in [9.17, 15) is 0 Å². The fourth-order valence-electron chi connectivity index (χ4n) is 9.89. The molecule has 0 spiro atoms. The molecule has 13 rings (SSSR count). The molecule has 1 aliphatic heterocycles. The number of aryl methyl sites for hydroxylation is 2. The van der Waals surface area contributed by atoms with Crippen molar-refractivity contribution in [2.45, 2.75) is 13.8 Å². The number of rotatable bonds is 6. The van der Waals surface area contributed by atoms with E-state index in [-0.39, 0.29) is 0 Å². The summed E-state index contributed by atoms with van der Waals surface area (Å²) in [7, 11) is 10.7. The Morgan fingerprint density at radius 2 is 0.750 bits per heavy atom. The molecule has 346 valence electrons. The first-order valence-electron chi connectivity index (χ1n) is 24.1. The van der Waals surface area contributed by atoms with Crippen LogP contribution < -0.4 is 10.4 Å². The molecule has 0 nitrogen and oxygen atoms in total. The molecule has 0 amide bonds. The van der Waals surface area contributed by atoms with Crippen LogP contribution in [0.5, 0.6) is 0 Å². The molecule has 0 bridgehead atoms. The summed E-state index contributed by atoms with van der Waals surface area (Å²) < 4.78 is 0. The van der Waals surface area contributed by atoms with E-state index in [0.717, 1.165) is 9.52 Å². The van der Waals surface area contributed by atoms with Gasteiger partial charge in [0.1, 0.15) is 0 Å². The van der Waals surface area contributed by atoms with Crippen LogP contribution in [0.2, 0.25) is 0 Å². The van der Waals surface area contributed by atoms with Gasteiger partial charge in [0.25, 0.3) is 0 Å². The Bertz CT molecular complexity index is 3480. The van der Waals surface area contributed by atoms with E-state index in [2.05, 4.69) is 275 Å². The molecule has 0 fully saturated rings. The smallest absolute Gasteiger partial charge is 0.0920 e. The van der Waals surface area contributed by atoms with Gasteiger partial charge in [-0.3, -0.25) is 0 Å². The first kappa shape index (κ1) is 48.7. The molecule has 1 heterocycles. The number of hydrogen-bond donors (Lipinski definition) is 0. The van der Waals surface area contributed by atoms with Crippen LogP contribution in [0.4, 0.5) is 0 Å². The fraction of sp³-hybridized carbons (Fsp3) is 0.0294. The number of halogens is 2. The standard InChI is InChI=1S/2C28H21.C12H7Si.2ClH.Zr/c2*1-20-10-8-9-15-25(20)28-26(22-13-6-3-7-14-22)17-16-23-18-24(19-27(23)28)21-11-4-2-5-12-21;1-3-7-11-9(5-1)10-6-2-4-8-12(10)13-11;;;/h2*2-19H,1H3;1-7H;2*1H;/q3*-1;;;+2/p-2. The number of fused-ring (bicyclic) bond motifs is 5. The summed E-state index contributed by atoms with van der Waals surface area (Å²) in [6.07, 6.45) is 0. The summed E-state index contributed by atoms with van der Waals surface area (Å²) >= 11 is -0.826. The van der Waals surface area contributed by atoms with Crippen LogP contribution in [-0.4, -0.2) is 9.52 Å². The van der Waals surface area contributed by atoms with Crippen LogP contribution in [-0.2, 0) is 20.8 Å². The third-order valence-corrected chi connectivity index (χ3v) is 14.7. The summed E-state index contributed by atoms with van der Waals surface area (Å²) in [6, 6.07) is 96.6. The fourth-order valence-corrected chi connectivity index (χ4v) is 11.2. The van der Waals surface area contributed by atoms with Gasteiger partial charge in [-0.05, 0) is 69.5 Å². The van der Waals surface area contributed by atoms with Crippen LogP contribution in [0.15, 0.2) is 261 Å². The second-order valence-electron chi connectivity index (χ2n) is 17.8. The summed E-state index contributed by atoms with van der Waals surface area (Å²) in [5.41, 5.74) is 20.8. The first-order valence-corrected chi connectivity index (χ1v) is 31.5. The predicted molar refractivity (Wildman–Crippen MR) is 309 cm³/mol. The van der Waals surface area contributed by atoms with E-state index in [0.29, 0.717) is 0 Å². The predicted octanol–water partition coefficient (Wildman–Crippen LogP) is 18.2. The molecule has 4 heteroatoms. The van der Waals surface area contributed by atoms with Crippen molar-refractivity contribution in [3.05, 3.63) is 278 Å². The van der Waals surface area contributed by atoms with E-state index in [1.807, 2.05) is 6.07 Å². The van der Waals surface area contributed by atoms with Gasteiger partial charge in [0.2, 0.25) is 0 Å². The van der Waals surface area contributed by atoms with Crippen molar-refractivity contribution in [1.29, 1.82) is 0 Å². The van der Waals surface area contributed by atoms with Gasteiger partial charge in [-0.2, -0.15) is 29.5 Å². The van der Waals surface area contributed by atoms with Gasteiger partial charge in [-0.25, -0.2) is 0 Å². The average Bonchev–Trinajstić information content (AvgIpc) is 4.19. The second kappa shape index (κ2) is 23.1. The van der Waals surface area contributed by atoms with Crippen LogP contribution >= 0.6 is 17.0 Å². The monoisotopic (exact) mass is 1050 g/mol. The van der Waals surface area contributed by atoms with Crippen molar-refractivity contribution < 1.29 is 20.8 Å². The van der Waals surface area contributed by atoms with Gasteiger partial charge in [-0.1, -0.05) is 228 Å². The minimum atomic E-state index is -0.826. The first-order chi connectivity index (χ1) is 35.5. The van der Waals surface area contributed by atoms with Crippen molar-refractivity contribution in [2.24, 2.45) is 0 Å². The Labute approximate surface area is 445 Å². The maximum atomic E-state index is 4.93. The quantitative estimate of drug-likeness (QED) is 0.115. The molecule has 0 unspecified atom stereocenters. The summed E-state index contributed by atoms with van der Waals surface area (Å²) in [5, 5.41) is 8.03.